The first kappa shape index (κ1) is 26.2. The maximum atomic E-state index is 10.6. The minimum Gasteiger partial charge on any atom is -0.493 e. The van der Waals surface area contributed by atoms with E-state index in [1.165, 1.54) is 25.7 Å². The van der Waals surface area contributed by atoms with Gasteiger partial charge >= 0.3 is 12.1 Å². The van der Waals surface area contributed by atoms with Crippen LogP contribution in [0.3, 0.4) is 0 Å². The zero-order chi connectivity index (χ0) is 26.6. The van der Waals surface area contributed by atoms with Gasteiger partial charge in [-0.1, -0.05) is 36.2 Å². The lowest BCUT2D eigenvalue weighted by molar-refractivity contribution is -0.192. The zero-order valence-corrected chi connectivity index (χ0v) is 20.0. The third kappa shape index (κ3) is 6.49. The van der Waals surface area contributed by atoms with Crippen molar-refractivity contribution in [1.29, 1.82) is 5.41 Å². The molecule has 5 rings (SSSR count). The lowest BCUT2D eigenvalue weighted by Gasteiger charge is -2.21. The summed E-state index contributed by atoms with van der Waals surface area (Å²) >= 11 is 0. The molecule has 2 fully saturated rings. The molecule has 4 N–H and O–H groups in total. The Morgan fingerprint density at radius 3 is 2.49 bits per heavy atom. The fourth-order valence-electron chi connectivity index (χ4n) is 4.64. The normalized spacial score (nSPS) is 18.0. The maximum absolute atomic E-state index is 10.6. The standard InChI is InChI=1S/C23H27N5O2.C2HF3O2/c24-23(25)28-11-3-6-20(28)22-26-21(27-30-22)18-8-7-17-13-19(10-9-16(17)12-18)29-14-15-4-1-2-5-15;3-2(4,5)1(6)7/h7-10,12-13,15,20H,1-6,11,14H2,(H3,24,25);(H,6,7)/t20-;/m0./s1. The minimum atomic E-state index is -5.08. The zero-order valence-electron chi connectivity index (χ0n) is 20.0. The fourth-order valence-corrected chi connectivity index (χ4v) is 4.64. The number of nitrogens with zero attached hydrogens (tertiary/aromatic N) is 3. The number of carboxylic acid groups (broad SMARTS) is 1. The van der Waals surface area contributed by atoms with Gasteiger partial charge in [0.1, 0.15) is 11.8 Å². The molecule has 1 aliphatic heterocycles. The molecule has 0 radical (unpaired) electrons. The van der Waals surface area contributed by atoms with E-state index in [4.69, 9.17) is 30.3 Å². The SMILES string of the molecule is N=C(N)N1CCC[C@H]1c1nc(-c2ccc3cc(OCC4CCCC4)ccc3c2)no1.O=C(O)C(F)(F)F. The molecule has 1 saturated heterocycles. The van der Waals surface area contributed by atoms with Gasteiger partial charge < -0.3 is 25.0 Å². The van der Waals surface area contributed by atoms with Crippen molar-refractivity contribution in [3.63, 3.8) is 0 Å². The van der Waals surface area contributed by atoms with E-state index in [-0.39, 0.29) is 12.0 Å². The van der Waals surface area contributed by atoms with Crippen LogP contribution in [0.4, 0.5) is 13.2 Å². The first-order chi connectivity index (χ1) is 17.6. The molecule has 1 aromatic heterocycles. The number of hydrogen-bond acceptors (Lipinski definition) is 6. The van der Waals surface area contributed by atoms with Crippen LogP contribution in [0.25, 0.3) is 22.2 Å². The number of aliphatic carboxylic acids is 1. The first-order valence-corrected chi connectivity index (χ1v) is 12.0. The van der Waals surface area contributed by atoms with Crippen LogP contribution in [0, 0.1) is 11.3 Å². The number of rotatable bonds is 5. The van der Waals surface area contributed by atoms with Crippen LogP contribution in [0.15, 0.2) is 40.9 Å². The molecular weight excluding hydrogens is 491 g/mol. The summed E-state index contributed by atoms with van der Waals surface area (Å²) in [7, 11) is 0. The van der Waals surface area contributed by atoms with E-state index in [0.717, 1.165) is 48.1 Å². The number of hydrogen-bond donors (Lipinski definition) is 3. The van der Waals surface area contributed by atoms with E-state index in [1.807, 2.05) is 17.0 Å². The monoisotopic (exact) mass is 519 g/mol. The highest BCUT2D eigenvalue weighted by Crippen LogP contribution is 2.33. The molecule has 9 nitrogen and oxygen atoms in total. The van der Waals surface area contributed by atoms with Crippen LogP contribution < -0.4 is 10.5 Å². The average Bonchev–Trinajstić information content (AvgIpc) is 3.63. The molecule has 3 aromatic rings. The fraction of sp³-hybridized carbons (Fsp3) is 0.440. The molecule has 198 valence electrons. The lowest BCUT2D eigenvalue weighted by atomic mass is 10.1. The minimum absolute atomic E-state index is 0.0499. The average molecular weight is 520 g/mol. The second-order valence-electron chi connectivity index (χ2n) is 9.18. The molecule has 2 aromatic carbocycles. The summed E-state index contributed by atoms with van der Waals surface area (Å²) in [5.74, 6) is 0.00239. The van der Waals surface area contributed by atoms with Gasteiger partial charge in [-0.2, -0.15) is 18.2 Å². The number of benzene rings is 2. The third-order valence-corrected chi connectivity index (χ3v) is 6.56. The predicted octanol–water partition coefficient (Wildman–Crippen LogP) is 5.12. The van der Waals surface area contributed by atoms with Crippen molar-refractivity contribution in [1.82, 2.24) is 15.0 Å². The molecule has 1 saturated carbocycles. The smallest absolute Gasteiger partial charge is 0.490 e. The summed E-state index contributed by atoms with van der Waals surface area (Å²) in [5, 5.41) is 21.3. The second kappa shape index (κ2) is 11.1. The number of carboxylic acids is 1. The van der Waals surface area contributed by atoms with Crippen LogP contribution >= 0.6 is 0 Å². The van der Waals surface area contributed by atoms with Gasteiger partial charge in [-0.25, -0.2) is 4.79 Å². The van der Waals surface area contributed by atoms with Crippen LogP contribution in [-0.2, 0) is 4.79 Å². The van der Waals surface area contributed by atoms with Gasteiger partial charge in [0.2, 0.25) is 11.7 Å². The Kier molecular flexibility index (Phi) is 7.84. The number of carbonyl (C=O) groups is 1. The van der Waals surface area contributed by atoms with Crippen molar-refractivity contribution in [3.05, 3.63) is 42.3 Å². The molecule has 0 bridgehead atoms. The summed E-state index contributed by atoms with van der Waals surface area (Å²) in [4.78, 5) is 15.3. The van der Waals surface area contributed by atoms with E-state index in [0.29, 0.717) is 17.6 Å². The lowest BCUT2D eigenvalue weighted by Crippen LogP contribution is -2.35. The summed E-state index contributed by atoms with van der Waals surface area (Å²) in [6.45, 7) is 1.56. The Hall–Kier alpha value is -3.83. The molecule has 1 atom stereocenters. The van der Waals surface area contributed by atoms with E-state index < -0.39 is 12.1 Å². The molecule has 0 spiro atoms. The van der Waals surface area contributed by atoms with Crippen LogP contribution in [0.1, 0.15) is 50.5 Å². The highest BCUT2D eigenvalue weighted by molar-refractivity contribution is 5.87. The van der Waals surface area contributed by atoms with E-state index in [1.54, 1.807) is 0 Å². The van der Waals surface area contributed by atoms with Crippen molar-refractivity contribution in [2.45, 2.75) is 50.7 Å². The molecule has 12 heteroatoms. The predicted molar refractivity (Wildman–Crippen MR) is 129 cm³/mol. The van der Waals surface area contributed by atoms with Gasteiger partial charge in [0, 0.05) is 12.1 Å². The molecule has 0 amide bonds. The van der Waals surface area contributed by atoms with Crippen molar-refractivity contribution in [3.8, 4) is 17.1 Å². The van der Waals surface area contributed by atoms with Crippen molar-refractivity contribution < 1.29 is 32.3 Å². The third-order valence-electron chi connectivity index (χ3n) is 6.56. The van der Waals surface area contributed by atoms with Crippen molar-refractivity contribution in [2.24, 2.45) is 11.7 Å². The summed E-state index contributed by atoms with van der Waals surface area (Å²) < 4.78 is 43.3. The number of nitrogens with two attached hydrogens (primary N) is 1. The van der Waals surface area contributed by atoms with Crippen molar-refractivity contribution >= 4 is 22.7 Å². The molecule has 1 aliphatic carbocycles. The van der Waals surface area contributed by atoms with E-state index in [2.05, 4.69) is 34.4 Å². The van der Waals surface area contributed by atoms with Gasteiger partial charge in [0.15, 0.2) is 5.96 Å². The number of fused-ring (bicyclic) bond motifs is 1. The summed E-state index contributed by atoms with van der Waals surface area (Å²) in [6.07, 6.45) is 1.98. The van der Waals surface area contributed by atoms with Crippen LogP contribution in [0.2, 0.25) is 0 Å². The van der Waals surface area contributed by atoms with Gasteiger partial charge in [-0.05, 0) is 60.6 Å². The first-order valence-electron chi connectivity index (χ1n) is 12.0. The van der Waals surface area contributed by atoms with E-state index in [9.17, 15) is 13.2 Å². The van der Waals surface area contributed by atoms with Crippen molar-refractivity contribution in [2.75, 3.05) is 13.2 Å². The maximum Gasteiger partial charge on any atom is 0.490 e. The van der Waals surface area contributed by atoms with Gasteiger partial charge in [0.25, 0.3) is 0 Å². The quantitative estimate of drug-likeness (QED) is 0.312. The molecular formula is C25H28F3N5O4. The number of guanidine groups is 1. The highest BCUT2D eigenvalue weighted by Gasteiger charge is 2.38. The number of ether oxygens (including phenoxy) is 1. The number of halogens is 3. The molecule has 37 heavy (non-hydrogen) atoms. The Morgan fingerprint density at radius 2 is 1.81 bits per heavy atom. The number of alkyl halides is 3. The highest BCUT2D eigenvalue weighted by atomic mass is 19.4. The molecule has 2 aliphatic rings. The van der Waals surface area contributed by atoms with Gasteiger partial charge in [-0.3, -0.25) is 5.41 Å². The van der Waals surface area contributed by atoms with Gasteiger partial charge in [0.05, 0.1) is 6.61 Å². The van der Waals surface area contributed by atoms with E-state index >= 15 is 0 Å². The largest absolute Gasteiger partial charge is 0.493 e. The van der Waals surface area contributed by atoms with Crippen LogP contribution in [-0.4, -0.2) is 51.4 Å². The Balaban J connectivity index is 0.000000405. The Morgan fingerprint density at radius 1 is 1.14 bits per heavy atom. The summed E-state index contributed by atoms with van der Waals surface area (Å²) in [5.41, 5.74) is 6.59. The molecule has 2 heterocycles. The Labute approximate surface area is 210 Å². The van der Waals surface area contributed by atoms with Crippen LogP contribution in [0.5, 0.6) is 5.75 Å². The Bertz CT molecular complexity index is 1260. The summed E-state index contributed by atoms with van der Waals surface area (Å²) in [6, 6.07) is 12.3. The number of likely N-dealkylation sites (tertiary alicyclic amines) is 1. The molecule has 0 unspecified atom stereocenters. The topological polar surface area (TPSA) is 139 Å². The second-order valence-corrected chi connectivity index (χ2v) is 9.18. The number of nitrogens with one attached hydrogen (secondary N) is 1. The number of aromatic nitrogens is 2. The van der Waals surface area contributed by atoms with Gasteiger partial charge in [-0.15, -0.1) is 0 Å².